The third kappa shape index (κ3) is 6.43. The molecule has 1 atom stereocenters. The fourth-order valence-corrected chi connectivity index (χ4v) is 6.36. The van der Waals surface area contributed by atoms with Crippen LogP contribution >= 0.6 is 34.5 Å². The van der Waals surface area contributed by atoms with E-state index in [9.17, 15) is 9.59 Å². The Morgan fingerprint density at radius 1 is 1.14 bits per heavy atom. The first kappa shape index (κ1) is 27.4. The number of fused-ring (bicyclic) bond motifs is 3. The van der Waals surface area contributed by atoms with E-state index in [1.54, 1.807) is 0 Å². The molecular weight excluding hydrogens is 527 g/mol. The third-order valence-corrected chi connectivity index (χ3v) is 8.32. The second kappa shape index (κ2) is 12.2. The number of carboxylic acid groups (broad SMARTS) is 1. The Morgan fingerprint density at radius 2 is 1.84 bits per heavy atom. The lowest BCUT2D eigenvalue weighted by Crippen LogP contribution is -2.12. The molecule has 2 N–H and O–H groups in total. The molecule has 0 saturated heterocycles. The topological polar surface area (TPSA) is 79.3 Å². The quantitative estimate of drug-likeness (QED) is 0.193. The first-order valence-corrected chi connectivity index (χ1v) is 14.2. The second-order valence-corrected chi connectivity index (χ2v) is 11.3. The molecule has 8 heteroatoms. The van der Waals surface area contributed by atoms with E-state index in [1.165, 1.54) is 79.0 Å². The van der Waals surface area contributed by atoms with Crippen LogP contribution in [0.15, 0.2) is 42.0 Å². The summed E-state index contributed by atoms with van der Waals surface area (Å²) < 4.78 is 0. The number of nitrogens with one attached hydrogen (secondary N) is 1. The number of carbonyl (C=O) groups excluding carboxylic acids is 1. The normalized spacial score (nSPS) is 14.7. The summed E-state index contributed by atoms with van der Waals surface area (Å²) in [6.45, 7) is 3.69. The lowest BCUT2D eigenvalue weighted by Gasteiger charge is -2.24. The number of aromatic nitrogens is 1. The van der Waals surface area contributed by atoms with Crippen LogP contribution in [0.5, 0.6) is 0 Å². The fraction of sp³-hybridized carbons (Fsp3) is 0.345. The van der Waals surface area contributed by atoms with Crippen molar-refractivity contribution in [2.45, 2.75) is 64.7 Å². The highest BCUT2D eigenvalue weighted by Gasteiger charge is 2.28. The molecule has 1 amide bonds. The number of hydrogen-bond acceptors (Lipinski definition) is 4. The first-order valence-electron chi connectivity index (χ1n) is 12.6. The Bertz CT molecular complexity index is 1330. The summed E-state index contributed by atoms with van der Waals surface area (Å²) in [7, 11) is 0. The zero-order valence-electron chi connectivity index (χ0n) is 20.9. The lowest BCUT2D eigenvalue weighted by atomic mass is 9.81. The molecule has 0 bridgehead atoms. The number of carboxylic acids is 1. The number of carbonyl (C=O) groups is 2. The molecule has 0 aliphatic heterocycles. The lowest BCUT2D eigenvalue weighted by molar-refractivity contribution is -0.132. The van der Waals surface area contributed by atoms with Gasteiger partial charge in [-0.1, -0.05) is 86.5 Å². The fourth-order valence-electron chi connectivity index (χ4n) is 4.71. The Balaban J connectivity index is 1.52. The van der Waals surface area contributed by atoms with E-state index in [0.29, 0.717) is 16.6 Å². The van der Waals surface area contributed by atoms with Gasteiger partial charge in [0.15, 0.2) is 5.13 Å². The largest absolute Gasteiger partial charge is 0.478 e. The van der Waals surface area contributed by atoms with Crippen LogP contribution < -0.4 is 5.32 Å². The van der Waals surface area contributed by atoms with Crippen LogP contribution in [-0.4, -0.2) is 22.0 Å². The van der Waals surface area contributed by atoms with Gasteiger partial charge in [0.2, 0.25) is 0 Å². The Morgan fingerprint density at radius 3 is 2.54 bits per heavy atom. The van der Waals surface area contributed by atoms with Gasteiger partial charge in [0.1, 0.15) is 0 Å². The van der Waals surface area contributed by atoms with E-state index in [2.05, 4.69) is 30.4 Å². The van der Waals surface area contributed by atoms with Gasteiger partial charge in [-0.15, -0.1) is 11.3 Å². The van der Waals surface area contributed by atoms with Gasteiger partial charge in [-0.25, -0.2) is 9.78 Å². The molecule has 4 rings (SSSR count). The number of amides is 1. The highest BCUT2D eigenvalue weighted by Crippen LogP contribution is 2.44. The molecule has 0 fully saturated rings. The zero-order valence-corrected chi connectivity index (χ0v) is 23.3. The molecule has 0 radical (unpaired) electrons. The minimum atomic E-state index is -1.07. The van der Waals surface area contributed by atoms with Gasteiger partial charge >= 0.3 is 5.97 Å². The van der Waals surface area contributed by atoms with Gasteiger partial charge in [-0.05, 0) is 49.5 Å². The van der Waals surface area contributed by atoms with Gasteiger partial charge in [-0.2, -0.15) is 0 Å². The van der Waals surface area contributed by atoms with Gasteiger partial charge < -0.3 is 5.11 Å². The molecule has 1 heterocycles. The number of benzene rings is 2. The van der Waals surface area contributed by atoms with Crippen LogP contribution in [0.4, 0.5) is 5.13 Å². The Hall–Kier alpha value is -2.67. The monoisotopic (exact) mass is 556 g/mol. The third-order valence-electron chi connectivity index (χ3n) is 6.70. The van der Waals surface area contributed by atoms with Crippen LogP contribution in [0.1, 0.15) is 84.7 Å². The average molecular weight is 558 g/mol. The molecule has 3 aromatic rings. The molecule has 1 aliphatic carbocycles. The molecule has 1 aliphatic rings. The minimum Gasteiger partial charge on any atom is -0.478 e. The van der Waals surface area contributed by atoms with E-state index in [1.807, 2.05) is 6.07 Å². The SMILES string of the molecule is CCCCCCCC1Cc2sc(NC(=O)c3cc(Cl)c(/C=C(\C)C(=O)O)c(Cl)c3)nc2-c2ccccc21. The standard InChI is InChI=1S/C29H30Cl2N2O3S/c1-3-4-5-6-7-10-18-16-25-26(21-12-9-8-11-20(18)21)32-29(37-25)33-27(34)19-14-23(30)22(24(31)15-19)13-17(2)28(35)36/h8-9,11-15,18H,3-7,10,16H2,1-2H3,(H,35,36)(H,32,33,34)/b17-13+. The maximum atomic E-state index is 13.0. The molecule has 5 nitrogen and oxygen atoms in total. The van der Waals surface area contributed by atoms with Crippen LogP contribution in [0, 0.1) is 0 Å². The van der Waals surface area contributed by atoms with Crippen molar-refractivity contribution in [1.29, 1.82) is 0 Å². The summed E-state index contributed by atoms with van der Waals surface area (Å²) >= 11 is 14.2. The first-order chi connectivity index (χ1) is 17.8. The molecule has 194 valence electrons. The smallest absolute Gasteiger partial charge is 0.331 e. The van der Waals surface area contributed by atoms with Gasteiger partial charge in [0, 0.05) is 27.1 Å². The van der Waals surface area contributed by atoms with Gasteiger partial charge in [0.05, 0.1) is 15.7 Å². The van der Waals surface area contributed by atoms with E-state index in [-0.39, 0.29) is 27.1 Å². The minimum absolute atomic E-state index is 0.0916. The summed E-state index contributed by atoms with van der Waals surface area (Å²) in [5, 5.41) is 13.0. The average Bonchev–Trinajstić information content (AvgIpc) is 3.28. The van der Waals surface area contributed by atoms with Crippen molar-refractivity contribution in [3.05, 3.63) is 73.6 Å². The van der Waals surface area contributed by atoms with Crippen LogP contribution in [0.3, 0.4) is 0 Å². The number of aliphatic carboxylic acids is 1. The van der Waals surface area contributed by atoms with E-state index < -0.39 is 5.97 Å². The number of nitrogens with zero attached hydrogens (tertiary/aromatic N) is 1. The van der Waals surface area contributed by atoms with Crippen molar-refractivity contribution in [1.82, 2.24) is 4.98 Å². The number of unbranched alkanes of at least 4 members (excludes halogenated alkanes) is 4. The molecule has 1 unspecified atom stereocenters. The van der Waals surface area contributed by atoms with E-state index in [0.717, 1.165) is 24.1 Å². The molecule has 2 aromatic carbocycles. The zero-order chi connectivity index (χ0) is 26.5. The molecule has 0 saturated carbocycles. The summed E-state index contributed by atoms with van der Waals surface area (Å²) in [5.74, 6) is -0.982. The summed E-state index contributed by atoms with van der Waals surface area (Å²) in [5.41, 5.74) is 4.16. The van der Waals surface area contributed by atoms with Gasteiger partial charge in [0.25, 0.3) is 5.91 Å². The maximum absolute atomic E-state index is 13.0. The highest BCUT2D eigenvalue weighted by atomic mass is 35.5. The summed E-state index contributed by atoms with van der Waals surface area (Å²) in [6.07, 6.45) is 9.78. The Kier molecular flexibility index (Phi) is 9.06. The van der Waals surface area contributed by atoms with Crippen molar-refractivity contribution in [3.8, 4) is 11.3 Å². The number of thiazole rings is 1. The van der Waals surface area contributed by atoms with Crippen LogP contribution in [0.2, 0.25) is 10.0 Å². The van der Waals surface area contributed by atoms with E-state index >= 15 is 0 Å². The molecule has 0 spiro atoms. The van der Waals surface area contributed by atoms with Crippen molar-refractivity contribution in [2.24, 2.45) is 0 Å². The van der Waals surface area contributed by atoms with Crippen molar-refractivity contribution in [2.75, 3.05) is 5.32 Å². The van der Waals surface area contributed by atoms with Crippen LogP contribution in [-0.2, 0) is 11.2 Å². The van der Waals surface area contributed by atoms with Crippen molar-refractivity contribution >= 4 is 57.6 Å². The predicted octanol–water partition coefficient (Wildman–Crippen LogP) is 8.86. The number of hydrogen-bond donors (Lipinski definition) is 2. The molecule has 37 heavy (non-hydrogen) atoms. The van der Waals surface area contributed by atoms with Crippen molar-refractivity contribution in [3.63, 3.8) is 0 Å². The van der Waals surface area contributed by atoms with Gasteiger partial charge in [-0.3, -0.25) is 10.1 Å². The summed E-state index contributed by atoms with van der Waals surface area (Å²) in [4.78, 5) is 30.2. The van der Waals surface area contributed by atoms with Crippen LogP contribution in [0.25, 0.3) is 17.3 Å². The van der Waals surface area contributed by atoms with Crippen molar-refractivity contribution < 1.29 is 14.7 Å². The number of anilines is 1. The number of rotatable bonds is 10. The second-order valence-electron chi connectivity index (χ2n) is 9.42. The Labute approximate surface area is 231 Å². The number of halogens is 2. The maximum Gasteiger partial charge on any atom is 0.331 e. The summed E-state index contributed by atoms with van der Waals surface area (Å²) in [6, 6.07) is 11.4. The molecule has 1 aromatic heterocycles. The predicted molar refractivity (Wildman–Crippen MR) is 153 cm³/mol. The van der Waals surface area contributed by atoms with E-state index in [4.69, 9.17) is 33.3 Å². The molecular formula is C29H30Cl2N2O3S. The highest BCUT2D eigenvalue weighted by molar-refractivity contribution is 7.16.